The van der Waals surface area contributed by atoms with Gasteiger partial charge in [0.15, 0.2) is 0 Å². The number of methoxy groups -OCH3 is 1. The number of esters is 1. The van der Waals surface area contributed by atoms with Gasteiger partial charge in [-0.3, -0.25) is 4.79 Å². The number of carbonyl (C=O) groups excluding carboxylic acids is 1. The summed E-state index contributed by atoms with van der Waals surface area (Å²) >= 11 is 0. The molecular weight excluding hydrogens is 350 g/mol. The van der Waals surface area contributed by atoms with Crippen LogP contribution in [0.15, 0.2) is 35.9 Å². The van der Waals surface area contributed by atoms with Crippen molar-refractivity contribution in [1.29, 1.82) is 0 Å². The zero-order valence-electron chi connectivity index (χ0n) is 17.4. The highest BCUT2D eigenvalue weighted by molar-refractivity contribution is 5.76. The van der Waals surface area contributed by atoms with Gasteiger partial charge in [0.05, 0.1) is 13.0 Å². The van der Waals surface area contributed by atoms with Crippen LogP contribution in [0, 0.1) is 23.2 Å². The van der Waals surface area contributed by atoms with E-state index in [1.807, 2.05) is 18.2 Å². The van der Waals surface area contributed by atoms with Crippen molar-refractivity contribution in [3.05, 3.63) is 41.5 Å². The van der Waals surface area contributed by atoms with Gasteiger partial charge in [0, 0.05) is 12.5 Å². The van der Waals surface area contributed by atoms with E-state index in [2.05, 4.69) is 31.3 Å². The second-order valence-electron chi connectivity index (χ2n) is 9.11. The number of hydrogen-bond donors (Lipinski definition) is 1. The summed E-state index contributed by atoms with van der Waals surface area (Å²) in [6.45, 7) is 6.23. The summed E-state index contributed by atoms with van der Waals surface area (Å²) in [4.78, 5) is 12.6. The van der Waals surface area contributed by atoms with Gasteiger partial charge in [-0.15, -0.1) is 0 Å². The smallest absolute Gasteiger partial charge is 0.311 e. The highest BCUT2D eigenvalue weighted by Gasteiger charge is 2.51. The number of fused-ring (bicyclic) bond motifs is 2. The molecule has 1 aliphatic heterocycles. The summed E-state index contributed by atoms with van der Waals surface area (Å²) in [5.74, 6) is 1.71. The van der Waals surface area contributed by atoms with Crippen molar-refractivity contribution < 1.29 is 14.3 Å². The maximum atomic E-state index is 12.6. The average molecular weight is 384 g/mol. The Morgan fingerprint density at radius 1 is 1.32 bits per heavy atom. The summed E-state index contributed by atoms with van der Waals surface area (Å²) in [6, 6.07) is 8.11. The number of nitrogens with one attached hydrogen (secondary N) is 1. The van der Waals surface area contributed by atoms with Crippen molar-refractivity contribution in [2.24, 2.45) is 23.2 Å². The SMILES string of the molecule is COc1ccccc1CCNC[C@@H]1C(=O)O[C@@H]2C[C@@]3(C)CCC[C@H](C)C3=C[C@H]12. The topological polar surface area (TPSA) is 47.6 Å². The van der Waals surface area contributed by atoms with E-state index in [0.717, 1.165) is 25.1 Å². The fourth-order valence-corrected chi connectivity index (χ4v) is 5.67. The molecule has 2 fully saturated rings. The molecule has 5 atom stereocenters. The molecule has 4 heteroatoms. The van der Waals surface area contributed by atoms with Crippen LogP contribution in [0.1, 0.15) is 45.1 Å². The van der Waals surface area contributed by atoms with Crippen LogP contribution in [0.4, 0.5) is 0 Å². The zero-order valence-corrected chi connectivity index (χ0v) is 17.4. The van der Waals surface area contributed by atoms with Gasteiger partial charge in [0.25, 0.3) is 0 Å². The lowest BCUT2D eigenvalue weighted by Gasteiger charge is -2.46. The van der Waals surface area contributed by atoms with Crippen molar-refractivity contribution in [2.75, 3.05) is 20.2 Å². The fraction of sp³-hybridized carbons (Fsp3) is 0.625. The Kier molecular flexibility index (Phi) is 5.50. The maximum Gasteiger partial charge on any atom is 0.311 e. The summed E-state index contributed by atoms with van der Waals surface area (Å²) in [6.07, 6.45) is 8.16. The monoisotopic (exact) mass is 383 g/mol. The minimum atomic E-state index is -0.0613. The number of ether oxygens (including phenoxy) is 2. The van der Waals surface area contributed by atoms with Crippen LogP contribution in [0.25, 0.3) is 0 Å². The van der Waals surface area contributed by atoms with Gasteiger partial charge < -0.3 is 14.8 Å². The first kappa shape index (κ1) is 19.5. The van der Waals surface area contributed by atoms with Gasteiger partial charge in [-0.1, -0.05) is 50.1 Å². The molecule has 1 aromatic rings. The van der Waals surface area contributed by atoms with Crippen LogP contribution in [0.2, 0.25) is 0 Å². The molecule has 4 nitrogen and oxygen atoms in total. The van der Waals surface area contributed by atoms with Crippen molar-refractivity contribution in [3.8, 4) is 5.75 Å². The number of rotatable bonds is 6. The quantitative estimate of drug-likeness (QED) is 0.456. The molecule has 1 saturated heterocycles. The van der Waals surface area contributed by atoms with E-state index >= 15 is 0 Å². The first-order valence-corrected chi connectivity index (χ1v) is 10.8. The lowest BCUT2D eigenvalue weighted by molar-refractivity contribution is -0.145. The second kappa shape index (κ2) is 7.90. The van der Waals surface area contributed by atoms with E-state index in [0.29, 0.717) is 12.5 Å². The fourth-order valence-electron chi connectivity index (χ4n) is 5.67. The molecule has 0 amide bonds. The minimum absolute atomic E-state index is 0.0217. The third-order valence-electron chi connectivity index (χ3n) is 7.21. The minimum Gasteiger partial charge on any atom is -0.496 e. The number of hydrogen-bond acceptors (Lipinski definition) is 4. The van der Waals surface area contributed by atoms with Gasteiger partial charge >= 0.3 is 5.97 Å². The predicted octanol–water partition coefficient (Wildman–Crippen LogP) is 4.14. The van der Waals surface area contributed by atoms with E-state index < -0.39 is 0 Å². The van der Waals surface area contributed by atoms with Crippen LogP contribution in [-0.2, 0) is 16.0 Å². The van der Waals surface area contributed by atoms with Crippen LogP contribution >= 0.6 is 0 Å². The van der Waals surface area contributed by atoms with Gasteiger partial charge in [-0.2, -0.15) is 0 Å². The molecule has 1 aromatic carbocycles. The van der Waals surface area contributed by atoms with Crippen molar-refractivity contribution >= 4 is 5.97 Å². The number of benzene rings is 1. The molecule has 4 rings (SSSR count). The van der Waals surface area contributed by atoms with Gasteiger partial charge in [0.2, 0.25) is 0 Å². The summed E-state index contributed by atoms with van der Waals surface area (Å²) in [5.41, 5.74) is 3.00. The summed E-state index contributed by atoms with van der Waals surface area (Å²) < 4.78 is 11.3. The largest absolute Gasteiger partial charge is 0.496 e. The van der Waals surface area contributed by atoms with E-state index in [1.165, 1.54) is 24.8 Å². The lowest BCUT2D eigenvalue weighted by atomic mass is 9.59. The molecule has 2 aliphatic carbocycles. The molecule has 0 unspecified atom stereocenters. The molecular formula is C24H33NO3. The first-order valence-electron chi connectivity index (χ1n) is 10.8. The van der Waals surface area contributed by atoms with Gasteiger partial charge in [-0.05, 0) is 55.2 Å². The molecule has 3 aliphatic rings. The van der Waals surface area contributed by atoms with Crippen molar-refractivity contribution in [3.63, 3.8) is 0 Å². The zero-order chi connectivity index (χ0) is 19.7. The first-order chi connectivity index (χ1) is 13.5. The van der Waals surface area contributed by atoms with E-state index in [1.54, 1.807) is 12.7 Å². The summed E-state index contributed by atoms with van der Waals surface area (Å²) in [5, 5.41) is 3.50. The van der Waals surface area contributed by atoms with Crippen molar-refractivity contribution in [2.45, 2.75) is 52.1 Å². The van der Waals surface area contributed by atoms with Gasteiger partial charge in [0.1, 0.15) is 11.9 Å². The Bertz CT molecular complexity index is 758. The molecule has 1 saturated carbocycles. The number of para-hydroxylation sites is 1. The molecule has 152 valence electrons. The van der Waals surface area contributed by atoms with Crippen LogP contribution < -0.4 is 10.1 Å². The Hall–Kier alpha value is -1.81. The standard InChI is InChI=1S/C24H33NO3/c1-16-7-6-11-24(2)14-22-18(13-20(16)24)19(23(26)28-22)15-25-12-10-17-8-4-5-9-21(17)27-3/h4-5,8-9,13,16,18-19,22,25H,6-7,10-12,14-15H2,1-3H3/t16-,18+,19-,22+,24+/m0/s1. The molecule has 1 N–H and O–H groups in total. The molecule has 0 radical (unpaired) electrons. The Morgan fingerprint density at radius 2 is 2.14 bits per heavy atom. The van der Waals surface area contributed by atoms with Crippen molar-refractivity contribution in [1.82, 2.24) is 5.32 Å². The highest BCUT2D eigenvalue weighted by atomic mass is 16.6. The van der Waals surface area contributed by atoms with Gasteiger partial charge in [-0.25, -0.2) is 0 Å². The normalized spacial score (nSPS) is 34.2. The lowest BCUT2D eigenvalue weighted by Crippen LogP contribution is -2.40. The number of allylic oxidation sites excluding steroid dienone is 1. The molecule has 1 heterocycles. The Morgan fingerprint density at radius 3 is 2.96 bits per heavy atom. The second-order valence-corrected chi connectivity index (χ2v) is 9.11. The molecule has 0 spiro atoms. The van der Waals surface area contributed by atoms with E-state index in [9.17, 15) is 4.79 Å². The third kappa shape index (κ3) is 3.59. The molecule has 0 aromatic heterocycles. The third-order valence-corrected chi connectivity index (χ3v) is 7.21. The Labute approximate surface area is 168 Å². The van der Waals surface area contributed by atoms with E-state index in [-0.39, 0.29) is 29.3 Å². The highest BCUT2D eigenvalue weighted by Crippen LogP contribution is 2.53. The van der Waals surface area contributed by atoms with Crippen LogP contribution in [0.5, 0.6) is 5.75 Å². The number of carbonyl (C=O) groups is 1. The van der Waals surface area contributed by atoms with Crippen LogP contribution in [-0.4, -0.2) is 32.3 Å². The summed E-state index contributed by atoms with van der Waals surface area (Å²) in [7, 11) is 1.71. The molecule has 0 bridgehead atoms. The predicted molar refractivity (Wildman–Crippen MR) is 110 cm³/mol. The van der Waals surface area contributed by atoms with E-state index in [4.69, 9.17) is 9.47 Å². The van der Waals surface area contributed by atoms with Crippen LogP contribution in [0.3, 0.4) is 0 Å². The average Bonchev–Trinajstić information content (AvgIpc) is 2.97. The Balaban J connectivity index is 1.39. The molecule has 28 heavy (non-hydrogen) atoms. The maximum absolute atomic E-state index is 12.6.